The zero-order valence-corrected chi connectivity index (χ0v) is 14.9. The van der Waals surface area contributed by atoms with Gasteiger partial charge in [-0.15, -0.1) is 22.7 Å². The van der Waals surface area contributed by atoms with Gasteiger partial charge in [0, 0.05) is 23.8 Å². The fourth-order valence-corrected chi connectivity index (χ4v) is 3.68. The van der Waals surface area contributed by atoms with Crippen LogP contribution in [0.4, 0.5) is 5.13 Å². The molecule has 0 spiro atoms. The monoisotopic (exact) mass is 324 g/mol. The van der Waals surface area contributed by atoms with Crippen LogP contribution in [0, 0.1) is 5.92 Å². The molecule has 2 aromatic rings. The molecule has 116 valence electrons. The van der Waals surface area contributed by atoms with Crippen LogP contribution in [0.2, 0.25) is 0 Å². The summed E-state index contributed by atoms with van der Waals surface area (Å²) in [6, 6.07) is 0. The number of anilines is 1. The standard InChI is InChI=1S/C15H24N4S2/c1-5-13-14(7-16-6-11(2)3)21-15(18-13)19(4)8-12-9-20-10-17-12/h9-11,16H,5-8H2,1-4H3. The van der Waals surface area contributed by atoms with Crippen molar-refractivity contribution in [1.82, 2.24) is 15.3 Å². The maximum atomic E-state index is 4.79. The van der Waals surface area contributed by atoms with Gasteiger partial charge in [-0.2, -0.15) is 0 Å². The van der Waals surface area contributed by atoms with E-state index in [2.05, 4.69) is 48.4 Å². The van der Waals surface area contributed by atoms with E-state index in [-0.39, 0.29) is 0 Å². The molecule has 0 aliphatic carbocycles. The molecule has 2 rings (SSSR count). The molecule has 21 heavy (non-hydrogen) atoms. The van der Waals surface area contributed by atoms with Crippen LogP contribution in [0.15, 0.2) is 10.9 Å². The predicted octanol–water partition coefficient (Wildman–Crippen LogP) is 3.54. The van der Waals surface area contributed by atoms with Crippen molar-refractivity contribution in [2.24, 2.45) is 5.92 Å². The second-order valence-corrected chi connectivity index (χ2v) is 7.36. The van der Waals surface area contributed by atoms with E-state index in [9.17, 15) is 0 Å². The molecule has 0 saturated heterocycles. The lowest BCUT2D eigenvalue weighted by atomic mass is 10.2. The third-order valence-corrected chi connectivity index (χ3v) is 5.00. The molecule has 2 aromatic heterocycles. The van der Waals surface area contributed by atoms with Crippen LogP contribution in [-0.4, -0.2) is 23.6 Å². The number of hydrogen-bond donors (Lipinski definition) is 1. The molecule has 0 atom stereocenters. The third kappa shape index (κ3) is 4.76. The Kier molecular flexibility index (Phi) is 6.14. The van der Waals surface area contributed by atoms with Gasteiger partial charge in [-0.3, -0.25) is 0 Å². The number of thiazole rings is 2. The largest absolute Gasteiger partial charge is 0.345 e. The molecule has 2 heterocycles. The number of rotatable bonds is 8. The smallest absolute Gasteiger partial charge is 0.185 e. The maximum Gasteiger partial charge on any atom is 0.185 e. The second-order valence-electron chi connectivity index (χ2n) is 5.58. The highest BCUT2D eigenvalue weighted by atomic mass is 32.1. The molecule has 0 saturated carbocycles. The van der Waals surface area contributed by atoms with Gasteiger partial charge in [0.05, 0.1) is 23.4 Å². The molecule has 1 N–H and O–H groups in total. The van der Waals surface area contributed by atoms with Gasteiger partial charge in [0.25, 0.3) is 0 Å². The molecule has 0 fully saturated rings. The van der Waals surface area contributed by atoms with Crippen molar-refractivity contribution in [3.05, 3.63) is 27.2 Å². The first-order valence-electron chi connectivity index (χ1n) is 7.37. The van der Waals surface area contributed by atoms with E-state index in [1.807, 2.05) is 5.51 Å². The highest BCUT2D eigenvalue weighted by Crippen LogP contribution is 2.27. The summed E-state index contributed by atoms with van der Waals surface area (Å²) in [6.45, 7) is 9.42. The minimum absolute atomic E-state index is 0.676. The summed E-state index contributed by atoms with van der Waals surface area (Å²) in [4.78, 5) is 12.7. The van der Waals surface area contributed by atoms with Crippen molar-refractivity contribution in [2.45, 2.75) is 40.3 Å². The van der Waals surface area contributed by atoms with Crippen LogP contribution < -0.4 is 10.2 Å². The van der Waals surface area contributed by atoms with E-state index < -0.39 is 0 Å². The number of aromatic nitrogens is 2. The molecule has 0 amide bonds. The van der Waals surface area contributed by atoms with Gasteiger partial charge in [0.15, 0.2) is 5.13 Å². The molecule has 0 aromatic carbocycles. The van der Waals surface area contributed by atoms with Crippen molar-refractivity contribution < 1.29 is 0 Å². The van der Waals surface area contributed by atoms with E-state index in [1.165, 1.54) is 10.6 Å². The minimum atomic E-state index is 0.676. The van der Waals surface area contributed by atoms with Gasteiger partial charge < -0.3 is 10.2 Å². The second kappa shape index (κ2) is 7.87. The highest BCUT2D eigenvalue weighted by molar-refractivity contribution is 7.15. The highest BCUT2D eigenvalue weighted by Gasteiger charge is 2.13. The maximum absolute atomic E-state index is 4.79. The Morgan fingerprint density at radius 3 is 2.81 bits per heavy atom. The van der Waals surface area contributed by atoms with Crippen molar-refractivity contribution in [2.75, 3.05) is 18.5 Å². The lowest BCUT2D eigenvalue weighted by molar-refractivity contribution is 0.553. The number of nitrogens with zero attached hydrogens (tertiary/aromatic N) is 3. The van der Waals surface area contributed by atoms with Crippen molar-refractivity contribution in [3.8, 4) is 0 Å². The number of hydrogen-bond acceptors (Lipinski definition) is 6. The third-order valence-electron chi connectivity index (χ3n) is 3.15. The zero-order valence-electron chi connectivity index (χ0n) is 13.2. The summed E-state index contributed by atoms with van der Waals surface area (Å²) in [5, 5.41) is 6.69. The molecular weight excluding hydrogens is 300 g/mol. The van der Waals surface area contributed by atoms with E-state index in [0.717, 1.165) is 36.9 Å². The normalized spacial score (nSPS) is 11.3. The predicted molar refractivity (Wildman–Crippen MR) is 92.3 cm³/mol. The number of nitrogens with one attached hydrogen (secondary N) is 1. The lowest BCUT2D eigenvalue weighted by Gasteiger charge is -2.13. The van der Waals surface area contributed by atoms with Crippen LogP contribution in [0.25, 0.3) is 0 Å². The Balaban J connectivity index is 2.01. The van der Waals surface area contributed by atoms with Crippen LogP contribution in [-0.2, 0) is 19.5 Å². The van der Waals surface area contributed by atoms with Gasteiger partial charge in [-0.1, -0.05) is 20.8 Å². The molecule has 0 radical (unpaired) electrons. The SMILES string of the molecule is CCc1nc(N(C)Cc2cscn2)sc1CNCC(C)C. The summed E-state index contributed by atoms with van der Waals surface area (Å²) in [5.74, 6) is 0.676. The van der Waals surface area contributed by atoms with Crippen LogP contribution in [0.1, 0.15) is 37.0 Å². The number of aryl methyl sites for hydroxylation is 1. The summed E-state index contributed by atoms with van der Waals surface area (Å²) in [5.41, 5.74) is 4.20. The first kappa shape index (κ1) is 16.4. The van der Waals surface area contributed by atoms with Gasteiger partial charge in [0.1, 0.15) is 0 Å². The molecular formula is C15H24N4S2. The van der Waals surface area contributed by atoms with E-state index in [1.54, 1.807) is 22.7 Å². The fourth-order valence-electron chi connectivity index (χ4n) is 2.05. The summed E-state index contributed by atoms with van der Waals surface area (Å²) in [7, 11) is 2.09. The molecule has 6 heteroatoms. The lowest BCUT2D eigenvalue weighted by Crippen LogP contribution is -2.19. The Hall–Kier alpha value is -0.980. The topological polar surface area (TPSA) is 41.1 Å². The van der Waals surface area contributed by atoms with Crippen molar-refractivity contribution in [3.63, 3.8) is 0 Å². The summed E-state index contributed by atoms with van der Waals surface area (Å²) in [6.07, 6.45) is 0.986. The van der Waals surface area contributed by atoms with E-state index in [4.69, 9.17) is 4.98 Å². The van der Waals surface area contributed by atoms with Gasteiger partial charge in [-0.25, -0.2) is 9.97 Å². The quantitative estimate of drug-likeness (QED) is 0.806. The van der Waals surface area contributed by atoms with E-state index in [0.29, 0.717) is 5.92 Å². The summed E-state index contributed by atoms with van der Waals surface area (Å²) < 4.78 is 0. The van der Waals surface area contributed by atoms with Crippen molar-refractivity contribution in [1.29, 1.82) is 0 Å². The first-order valence-corrected chi connectivity index (χ1v) is 9.13. The van der Waals surface area contributed by atoms with Gasteiger partial charge in [-0.05, 0) is 18.9 Å². The van der Waals surface area contributed by atoms with Crippen LogP contribution >= 0.6 is 22.7 Å². The van der Waals surface area contributed by atoms with Crippen LogP contribution in [0.5, 0.6) is 0 Å². The Labute approximate surface area is 135 Å². The van der Waals surface area contributed by atoms with Gasteiger partial charge >= 0.3 is 0 Å². The average Bonchev–Trinajstić information content (AvgIpc) is 3.07. The Morgan fingerprint density at radius 1 is 1.38 bits per heavy atom. The average molecular weight is 325 g/mol. The molecule has 0 aliphatic rings. The van der Waals surface area contributed by atoms with Gasteiger partial charge in [0.2, 0.25) is 0 Å². The molecule has 4 nitrogen and oxygen atoms in total. The fraction of sp³-hybridized carbons (Fsp3) is 0.600. The van der Waals surface area contributed by atoms with Crippen molar-refractivity contribution >= 4 is 27.8 Å². The Bertz CT molecular complexity index is 534. The first-order chi connectivity index (χ1) is 10.1. The van der Waals surface area contributed by atoms with Crippen LogP contribution in [0.3, 0.4) is 0 Å². The molecule has 0 unspecified atom stereocenters. The Morgan fingerprint density at radius 2 is 2.19 bits per heavy atom. The minimum Gasteiger partial charge on any atom is -0.345 e. The molecule has 0 aliphatic heterocycles. The zero-order chi connectivity index (χ0) is 15.2. The van der Waals surface area contributed by atoms with E-state index >= 15 is 0 Å². The summed E-state index contributed by atoms with van der Waals surface area (Å²) >= 11 is 3.43. The molecule has 0 bridgehead atoms.